The van der Waals surface area contributed by atoms with Crippen molar-refractivity contribution in [3.8, 4) is 5.75 Å². The number of hydrogen-bond acceptors (Lipinski definition) is 3. The summed E-state index contributed by atoms with van der Waals surface area (Å²) in [5.74, 6) is 0.561. The van der Waals surface area contributed by atoms with Gasteiger partial charge in [0.1, 0.15) is 5.75 Å². The number of carbonyl (C=O) groups is 1. The highest BCUT2D eigenvalue weighted by molar-refractivity contribution is 6.06. The van der Waals surface area contributed by atoms with Crippen LogP contribution in [-0.4, -0.2) is 17.5 Å². The first-order valence-electron chi connectivity index (χ1n) is 10.3. The molecule has 31 heavy (non-hydrogen) atoms. The molecule has 5 heteroatoms. The third-order valence-corrected chi connectivity index (χ3v) is 5.22. The SMILES string of the molecule is CCOc1ccc(N(Cc2cc3cccc(C)c3[nH]c2=O)C(=O)c2ccccc2)cc1. The largest absolute Gasteiger partial charge is 0.494 e. The summed E-state index contributed by atoms with van der Waals surface area (Å²) in [5, 5.41) is 0.938. The lowest BCUT2D eigenvalue weighted by atomic mass is 10.1. The molecular formula is C26H24N2O3. The van der Waals surface area contributed by atoms with E-state index >= 15 is 0 Å². The fourth-order valence-corrected chi connectivity index (χ4v) is 3.62. The molecule has 5 nitrogen and oxygen atoms in total. The van der Waals surface area contributed by atoms with E-state index in [0.29, 0.717) is 23.4 Å². The van der Waals surface area contributed by atoms with Gasteiger partial charge in [-0.3, -0.25) is 9.59 Å². The fraction of sp³-hybridized carbons (Fsp3) is 0.154. The fourth-order valence-electron chi connectivity index (χ4n) is 3.62. The van der Waals surface area contributed by atoms with Gasteiger partial charge in [0.25, 0.3) is 11.5 Å². The Morgan fingerprint density at radius 1 is 0.968 bits per heavy atom. The van der Waals surface area contributed by atoms with Crippen LogP contribution in [0, 0.1) is 6.92 Å². The van der Waals surface area contributed by atoms with Crippen LogP contribution in [0.4, 0.5) is 5.69 Å². The second-order valence-electron chi connectivity index (χ2n) is 7.35. The van der Waals surface area contributed by atoms with E-state index in [4.69, 9.17) is 4.74 Å². The van der Waals surface area contributed by atoms with Crippen LogP contribution < -0.4 is 15.2 Å². The number of benzene rings is 3. The molecule has 156 valence electrons. The number of pyridine rings is 1. The average molecular weight is 412 g/mol. The molecule has 0 aliphatic rings. The zero-order valence-corrected chi connectivity index (χ0v) is 17.6. The summed E-state index contributed by atoms with van der Waals surface area (Å²) < 4.78 is 5.52. The van der Waals surface area contributed by atoms with E-state index in [-0.39, 0.29) is 18.0 Å². The molecule has 0 spiro atoms. The Morgan fingerprint density at radius 2 is 1.71 bits per heavy atom. The van der Waals surface area contributed by atoms with Crippen LogP contribution in [0.3, 0.4) is 0 Å². The number of nitrogens with one attached hydrogen (secondary N) is 1. The van der Waals surface area contributed by atoms with Crippen molar-refractivity contribution in [1.82, 2.24) is 4.98 Å². The van der Waals surface area contributed by atoms with Gasteiger partial charge in [-0.2, -0.15) is 0 Å². The molecule has 0 bridgehead atoms. The highest BCUT2D eigenvalue weighted by Gasteiger charge is 2.20. The molecule has 1 heterocycles. The Labute approximate surface area is 180 Å². The molecule has 4 rings (SSSR count). The van der Waals surface area contributed by atoms with E-state index in [1.807, 2.05) is 80.6 Å². The van der Waals surface area contributed by atoms with Gasteiger partial charge in [0.15, 0.2) is 0 Å². The maximum atomic E-state index is 13.4. The van der Waals surface area contributed by atoms with Crippen LogP contribution in [-0.2, 0) is 6.54 Å². The van der Waals surface area contributed by atoms with Crippen LogP contribution in [0.1, 0.15) is 28.4 Å². The third-order valence-electron chi connectivity index (χ3n) is 5.22. The van der Waals surface area contributed by atoms with Gasteiger partial charge in [0, 0.05) is 16.8 Å². The Hall–Kier alpha value is -3.86. The Balaban J connectivity index is 1.76. The predicted molar refractivity (Wildman–Crippen MR) is 124 cm³/mol. The van der Waals surface area contributed by atoms with E-state index in [9.17, 15) is 9.59 Å². The molecule has 0 fully saturated rings. The highest BCUT2D eigenvalue weighted by Crippen LogP contribution is 2.24. The first kappa shape index (κ1) is 20.4. The number of ether oxygens (including phenoxy) is 1. The van der Waals surface area contributed by atoms with Gasteiger partial charge in [0.2, 0.25) is 0 Å². The Morgan fingerprint density at radius 3 is 2.42 bits per heavy atom. The van der Waals surface area contributed by atoms with Crippen molar-refractivity contribution in [2.24, 2.45) is 0 Å². The minimum atomic E-state index is -0.196. The van der Waals surface area contributed by atoms with Crippen LogP contribution in [0.5, 0.6) is 5.75 Å². The second-order valence-corrected chi connectivity index (χ2v) is 7.35. The molecule has 4 aromatic rings. The number of H-pyrrole nitrogens is 1. The molecule has 0 saturated heterocycles. The molecule has 0 aliphatic heterocycles. The smallest absolute Gasteiger partial charge is 0.258 e. The highest BCUT2D eigenvalue weighted by atomic mass is 16.5. The monoisotopic (exact) mass is 412 g/mol. The van der Waals surface area contributed by atoms with Gasteiger partial charge in [0.05, 0.1) is 18.7 Å². The van der Waals surface area contributed by atoms with Crippen LogP contribution in [0.2, 0.25) is 0 Å². The number of aromatic nitrogens is 1. The summed E-state index contributed by atoms with van der Waals surface area (Å²) in [6.45, 7) is 4.61. The van der Waals surface area contributed by atoms with Crippen molar-refractivity contribution < 1.29 is 9.53 Å². The van der Waals surface area contributed by atoms with Crippen molar-refractivity contribution in [1.29, 1.82) is 0 Å². The zero-order chi connectivity index (χ0) is 21.8. The van der Waals surface area contributed by atoms with E-state index < -0.39 is 0 Å². The maximum Gasteiger partial charge on any atom is 0.258 e. The minimum Gasteiger partial charge on any atom is -0.494 e. The predicted octanol–water partition coefficient (Wildman–Crippen LogP) is 5.08. The van der Waals surface area contributed by atoms with Gasteiger partial charge in [-0.05, 0) is 67.3 Å². The number of aromatic amines is 1. The Bertz CT molecular complexity index is 1260. The molecule has 0 saturated carbocycles. The maximum absolute atomic E-state index is 13.4. The lowest BCUT2D eigenvalue weighted by Crippen LogP contribution is -2.32. The summed E-state index contributed by atoms with van der Waals surface area (Å²) in [7, 11) is 0. The van der Waals surface area contributed by atoms with Crippen molar-refractivity contribution >= 4 is 22.5 Å². The van der Waals surface area contributed by atoms with Gasteiger partial charge in [-0.15, -0.1) is 0 Å². The summed E-state index contributed by atoms with van der Waals surface area (Å²) >= 11 is 0. The zero-order valence-electron chi connectivity index (χ0n) is 17.6. The number of aryl methyl sites for hydroxylation is 1. The van der Waals surface area contributed by atoms with Crippen molar-refractivity contribution in [2.45, 2.75) is 20.4 Å². The number of anilines is 1. The number of carbonyl (C=O) groups excluding carboxylic acids is 1. The van der Waals surface area contributed by atoms with E-state index in [1.165, 1.54) is 0 Å². The number of rotatable bonds is 6. The van der Waals surface area contributed by atoms with Gasteiger partial charge in [-0.1, -0.05) is 36.4 Å². The molecule has 3 aromatic carbocycles. The number of nitrogens with zero attached hydrogens (tertiary/aromatic N) is 1. The van der Waals surface area contributed by atoms with Gasteiger partial charge < -0.3 is 14.6 Å². The van der Waals surface area contributed by atoms with Crippen LogP contribution in [0.15, 0.2) is 83.7 Å². The lowest BCUT2D eigenvalue weighted by molar-refractivity contribution is 0.0985. The summed E-state index contributed by atoms with van der Waals surface area (Å²) in [6.07, 6.45) is 0. The molecule has 0 radical (unpaired) electrons. The standard InChI is InChI=1S/C26H24N2O3/c1-3-31-23-14-12-22(13-15-23)28(26(30)19-9-5-4-6-10-19)17-21-16-20-11-7-8-18(2)24(20)27-25(21)29/h4-16H,3,17H2,1-2H3,(H,27,29). The minimum absolute atomic E-state index is 0.154. The third kappa shape index (κ3) is 4.36. The molecule has 1 aromatic heterocycles. The molecule has 1 amide bonds. The first-order chi connectivity index (χ1) is 15.1. The average Bonchev–Trinajstić information content (AvgIpc) is 2.79. The quantitative estimate of drug-likeness (QED) is 0.480. The first-order valence-corrected chi connectivity index (χ1v) is 10.3. The summed E-state index contributed by atoms with van der Waals surface area (Å²) in [6, 6.07) is 24.2. The number of hydrogen-bond donors (Lipinski definition) is 1. The van der Waals surface area contributed by atoms with Crippen LogP contribution >= 0.6 is 0 Å². The molecule has 0 unspecified atom stereocenters. The summed E-state index contributed by atoms with van der Waals surface area (Å²) in [4.78, 5) is 30.8. The molecular weight excluding hydrogens is 388 g/mol. The van der Waals surface area contributed by atoms with E-state index in [0.717, 1.165) is 22.2 Å². The van der Waals surface area contributed by atoms with Crippen molar-refractivity contribution in [3.63, 3.8) is 0 Å². The Kier molecular flexibility index (Phi) is 5.85. The van der Waals surface area contributed by atoms with E-state index in [2.05, 4.69) is 4.98 Å². The van der Waals surface area contributed by atoms with Gasteiger partial charge >= 0.3 is 0 Å². The molecule has 1 N–H and O–H groups in total. The lowest BCUT2D eigenvalue weighted by Gasteiger charge is -2.23. The number of para-hydroxylation sites is 1. The topological polar surface area (TPSA) is 62.4 Å². The number of fused-ring (bicyclic) bond motifs is 1. The van der Waals surface area contributed by atoms with Crippen molar-refractivity contribution in [3.05, 3.63) is 106 Å². The van der Waals surface area contributed by atoms with Crippen LogP contribution in [0.25, 0.3) is 10.9 Å². The van der Waals surface area contributed by atoms with Gasteiger partial charge in [-0.25, -0.2) is 0 Å². The molecule has 0 aliphatic carbocycles. The number of amides is 1. The molecule has 0 atom stereocenters. The van der Waals surface area contributed by atoms with E-state index in [1.54, 1.807) is 17.0 Å². The summed E-state index contributed by atoms with van der Waals surface area (Å²) in [5.41, 5.74) is 3.41. The second kappa shape index (κ2) is 8.88. The van der Waals surface area contributed by atoms with Crippen molar-refractivity contribution in [2.75, 3.05) is 11.5 Å². The normalized spacial score (nSPS) is 10.8.